The van der Waals surface area contributed by atoms with Crippen molar-refractivity contribution in [2.45, 2.75) is 51.2 Å². The Morgan fingerprint density at radius 3 is 2.65 bits per heavy atom. The molecule has 0 saturated carbocycles. The lowest BCUT2D eigenvalue weighted by Gasteiger charge is -2.40. The number of anilines is 1. The van der Waals surface area contributed by atoms with Gasteiger partial charge in [-0.1, -0.05) is 19.1 Å². The van der Waals surface area contributed by atoms with E-state index in [1.54, 1.807) is 0 Å². The molecule has 1 aromatic rings. The zero-order valence-electron chi connectivity index (χ0n) is 13.1. The van der Waals surface area contributed by atoms with Crippen LogP contribution in [0.2, 0.25) is 0 Å². The second kappa shape index (κ2) is 6.59. The average Bonchev–Trinajstić information content (AvgIpc) is 2.48. The van der Waals surface area contributed by atoms with Gasteiger partial charge in [-0.3, -0.25) is 0 Å². The van der Waals surface area contributed by atoms with E-state index in [0.29, 0.717) is 0 Å². The number of benzene rings is 1. The van der Waals surface area contributed by atoms with Gasteiger partial charge in [-0.15, -0.1) is 0 Å². The molecule has 0 aromatic heterocycles. The largest absolute Gasteiger partial charge is 0.377 e. The van der Waals surface area contributed by atoms with Crippen molar-refractivity contribution in [3.05, 3.63) is 29.8 Å². The molecule has 0 aliphatic carbocycles. The van der Waals surface area contributed by atoms with Crippen molar-refractivity contribution in [3.63, 3.8) is 0 Å². The van der Waals surface area contributed by atoms with Crippen LogP contribution in [-0.2, 0) is 11.2 Å². The summed E-state index contributed by atoms with van der Waals surface area (Å²) in [6.45, 7) is 6.43. The second-order valence-electron chi connectivity index (χ2n) is 6.22. The summed E-state index contributed by atoms with van der Waals surface area (Å²) in [6.07, 6.45) is 4.32. The Morgan fingerprint density at radius 1 is 1.35 bits per heavy atom. The van der Waals surface area contributed by atoms with Gasteiger partial charge in [0, 0.05) is 31.9 Å². The third-order valence-electron chi connectivity index (χ3n) is 4.48. The van der Waals surface area contributed by atoms with Crippen LogP contribution in [-0.4, -0.2) is 31.8 Å². The van der Waals surface area contributed by atoms with Crippen LogP contribution >= 0.6 is 0 Å². The molecule has 1 aromatic carbocycles. The van der Waals surface area contributed by atoms with Crippen molar-refractivity contribution in [2.24, 2.45) is 5.73 Å². The summed E-state index contributed by atoms with van der Waals surface area (Å²) in [5.41, 5.74) is 8.62. The molecule has 1 fully saturated rings. The number of hydrogen-bond acceptors (Lipinski definition) is 3. The summed E-state index contributed by atoms with van der Waals surface area (Å²) in [5, 5.41) is 0. The fraction of sp³-hybridized carbons (Fsp3) is 0.647. The van der Waals surface area contributed by atoms with Gasteiger partial charge < -0.3 is 15.4 Å². The topological polar surface area (TPSA) is 38.5 Å². The van der Waals surface area contributed by atoms with E-state index in [1.165, 1.54) is 17.7 Å². The zero-order valence-corrected chi connectivity index (χ0v) is 13.1. The van der Waals surface area contributed by atoms with Gasteiger partial charge in [-0.2, -0.15) is 0 Å². The summed E-state index contributed by atoms with van der Waals surface area (Å²) in [5.74, 6) is 0. The Balaban J connectivity index is 2.02. The van der Waals surface area contributed by atoms with Crippen molar-refractivity contribution >= 4 is 5.69 Å². The molecular weight excluding hydrogens is 248 g/mol. The lowest BCUT2D eigenvalue weighted by Crippen LogP contribution is -2.47. The molecule has 1 aliphatic heterocycles. The smallest absolute Gasteiger partial charge is 0.0825 e. The van der Waals surface area contributed by atoms with Crippen molar-refractivity contribution in [1.29, 1.82) is 0 Å². The fourth-order valence-corrected chi connectivity index (χ4v) is 2.88. The number of rotatable bonds is 5. The minimum absolute atomic E-state index is 0.0124. The maximum Gasteiger partial charge on any atom is 0.0825 e. The molecule has 2 rings (SSSR count). The SMILES string of the molecule is CCC(N)Cc1ccc(N2CCCC(C)(OC)C2)cc1. The molecule has 2 atom stereocenters. The average molecular weight is 276 g/mol. The van der Waals surface area contributed by atoms with Gasteiger partial charge in [0.15, 0.2) is 0 Å². The molecular formula is C17H28N2O. The van der Waals surface area contributed by atoms with Crippen LogP contribution in [0.1, 0.15) is 38.7 Å². The zero-order chi connectivity index (χ0) is 14.6. The maximum absolute atomic E-state index is 6.01. The monoisotopic (exact) mass is 276 g/mol. The van der Waals surface area contributed by atoms with E-state index in [9.17, 15) is 0 Å². The van der Waals surface area contributed by atoms with Crippen LogP contribution < -0.4 is 10.6 Å². The number of nitrogens with two attached hydrogens (primary N) is 1. The van der Waals surface area contributed by atoms with Crippen molar-refractivity contribution < 1.29 is 4.74 Å². The van der Waals surface area contributed by atoms with Gasteiger partial charge in [0.25, 0.3) is 0 Å². The number of hydrogen-bond donors (Lipinski definition) is 1. The Labute approximate surface area is 123 Å². The third-order valence-corrected chi connectivity index (χ3v) is 4.48. The predicted octanol–water partition coefficient (Wildman–Crippen LogP) is 2.97. The highest BCUT2D eigenvalue weighted by Gasteiger charge is 2.30. The number of methoxy groups -OCH3 is 1. The van der Waals surface area contributed by atoms with E-state index in [0.717, 1.165) is 32.4 Å². The van der Waals surface area contributed by atoms with E-state index < -0.39 is 0 Å². The molecule has 0 radical (unpaired) electrons. The first-order valence-electron chi connectivity index (χ1n) is 7.71. The van der Waals surface area contributed by atoms with E-state index >= 15 is 0 Å². The lowest BCUT2D eigenvalue weighted by molar-refractivity contribution is -0.00465. The molecule has 2 N–H and O–H groups in total. The lowest BCUT2D eigenvalue weighted by atomic mass is 9.94. The summed E-state index contributed by atoms with van der Waals surface area (Å²) < 4.78 is 5.66. The van der Waals surface area contributed by atoms with Crippen molar-refractivity contribution in [3.8, 4) is 0 Å². The Morgan fingerprint density at radius 2 is 2.05 bits per heavy atom. The quantitative estimate of drug-likeness (QED) is 0.898. The molecule has 0 spiro atoms. The molecule has 20 heavy (non-hydrogen) atoms. The van der Waals surface area contributed by atoms with Gasteiger partial charge >= 0.3 is 0 Å². The van der Waals surface area contributed by atoms with Crippen LogP contribution in [0.5, 0.6) is 0 Å². The second-order valence-corrected chi connectivity index (χ2v) is 6.22. The maximum atomic E-state index is 6.01. The minimum atomic E-state index is -0.0124. The molecule has 0 amide bonds. The first-order valence-corrected chi connectivity index (χ1v) is 7.71. The van der Waals surface area contributed by atoms with Gasteiger partial charge in [-0.25, -0.2) is 0 Å². The first kappa shape index (κ1) is 15.3. The summed E-state index contributed by atoms with van der Waals surface area (Å²) in [7, 11) is 1.82. The van der Waals surface area contributed by atoms with Crippen LogP contribution in [0.4, 0.5) is 5.69 Å². The molecule has 0 bridgehead atoms. The molecule has 3 heteroatoms. The van der Waals surface area contributed by atoms with Gasteiger partial charge in [0.05, 0.1) is 5.60 Å². The van der Waals surface area contributed by atoms with Gasteiger partial charge in [0.1, 0.15) is 0 Å². The highest BCUT2D eigenvalue weighted by molar-refractivity contribution is 5.48. The van der Waals surface area contributed by atoms with E-state index in [2.05, 4.69) is 43.0 Å². The fourth-order valence-electron chi connectivity index (χ4n) is 2.88. The standard InChI is InChI=1S/C17H28N2O/c1-4-15(18)12-14-6-8-16(9-7-14)19-11-5-10-17(2,13-19)20-3/h6-9,15H,4-5,10-13,18H2,1-3H3. The van der Waals surface area contributed by atoms with E-state index in [1.807, 2.05) is 7.11 Å². The van der Waals surface area contributed by atoms with Crippen LogP contribution in [0.3, 0.4) is 0 Å². The molecule has 1 heterocycles. The van der Waals surface area contributed by atoms with Crippen LogP contribution in [0.15, 0.2) is 24.3 Å². The molecule has 3 nitrogen and oxygen atoms in total. The summed E-state index contributed by atoms with van der Waals surface area (Å²) >= 11 is 0. The van der Waals surface area contributed by atoms with Crippen molar-refractivity contribution in [2.75, 3.05) is 25.1 Å². The Hall–Kier alpha value is -1.06. The minimum Gasteiger partial charge on any atom is -0.377 e. The van der Waals surface area contributed by atoms with Crippen LogP contribution in [0, 0.1) is 0 Å². The molecule has 1 saturated heterocycles. The molecule has 2 unspecified atom stereocenters. The number of ether oxygens (including phenoxy) is 1. The third kappa shape index (κ3) is 3.74. The Bertz CT molecular complexity index is 418. The summed E-state index contributed by atoms with van der Waals surface area (Å²) in [4.78, 5) is 2.43. The first-order chi connectivity index (χ1) is 9.56. The number of nitrogens with zero attached hydrogens (tertiary/aromatic N) is 1. The Kier molecular flexibility index (Phi) is 5.06. The highest BCUT2D eigenvalue weighted by Crippen LogP contribution is 2.28. The highest BCUT2D eigenvalue weighted by atomic mass is 16.5. The van der Waals surface area contributed by atoms with Gasteiger partial charge in [0.2, 0.25) is 0 Å². The van der Waals surface area contributed by atoms with Crippen molar-refractivity contribution in [1.82, 2.24) is 0 Å². The van der Waals surface area contributed by atoms with E-state index in [-0.39, 0.29) is 11.6 Å². The van der Waals surface area contributed by atoms with Crippen LogP contribution in [0.25, 0.3) is 0 Å². The predicted molar refractivity (Wildman–Crippen MR) is 85.3 cm³/mol. The normalized spacial score (nSPS) is 24.7. The number of piperidine rings is 1. The van der Waals surface area contributed by atoms with Gasteiger partial charge in [-0.05, 0) is 50.3 Å². The molecule has 1 aliphatic rings. The van der Waals surface area contributed by atoms with E-state index in [4.69, 9.17) is 10.5 Å². The summed E-state index contributed by atoms with van der Waals surface area (Å²) in [6, 6.07) is 9.14. The molecule has 112 valence electrons.